The fraction of sp³-hybridized carbons (Fsp3) is 0.278. The zero-order valence-corrected chi connectivity index (χ0v) is 13.0. The lowest BCUT2D eigenvalue weighted by Gasteiger charge is -2.26. The molecule has 2 aromatic rings. The molecule has 120 valence electrons. The molecule has 0 radical (unpaired) electrons. The largest absolute Gasteiger partial charge is 0.486 e. The van der Waals surface area contributed by atoms with E-state index in [4.69, 9.17) is 14.2 Å². The van der Waals surface area contributed by atoms with Crippen molar-refractivity contribution < 1.29 is 19.0 Å². The van der Waals surface area contributed by atoms with Crippen molar-refractivity contribution in [2.75, 3.05) is 19.8 Å². The molecule has 0 bridgehead atoms. The Morgan fingerprint density at radius 3 is 2.87 bits per heavy atom. The molecule has 23 heavy (non-hydrogen) atoms. The number of aryl methyl sites for hydroxylation is 1. The predicted octanol–water partition coefficient (Wildman–Crippen LogP) is 2.33. The Balaban J connectivity index is 1.43. The van der Waals surface area contributed by atoms with E-state index in [1.807, 2.05) is 55.5 Å². The Morgan fingerprint density at radius 2 is 2.04 bits per heavy atom. The first-order valence-corrected chi connectivity index (χ1v) is 7.55. The van der Waals surface area contributed by atoms with Gasteiger partial charge in [-0.15, -0.1) is 0 Å². The van der Waals surface area contributed by atoms with Gasteiger partial charge in [-0.2, -0.15) is 0 Å². The number of carbonyl (C=O) groups excluding carboxylic acids is 1. The van der Waals surface area contributed by atoms with Gasteiger partial charge in [-0.25, -0.2) is 0 Å². The van der Waals surface area contributed by atoms with Gasteiger partial charge in [0.2, 0.25) is 0 Å². The summed E-state index contributed by atoms with van der Waals surface area (Å²) in [5.74, 6) is 1.94. The quantitative estimate of drug-likeness (QED) is 0.920. The van der Waals surface area contributed by atoms with E-state index in [-0.39, 0.29) is 18.6 Å². The van der Waals surface area contributed by atoms with Crippen LogP contribution in [-0.4, -0.2) is 31.8 Å². The van der Waals surface area contributed by atoms with Gasteiger partial charge in [0.05, 0.1) is 6.54 Å². The summed E-state index contributed by atoms with van der Waals surface area (Å²) in [6.07, 6.45) is -0.201. The molecule has 1 aliphatic heterocycles. The van der Waals surface area contributed by atoms with Crippen LogP contribution in [0.5, 0.6) is 17.2 Å². The maximum atomic E-state index is 11.9. The monoisotopic (exact) mass is 313 g/mol. The van der Waals surface area contributed by atoms with Crippen LogP contribution in [0.3, 0.4) is 0 Å². The van der Waals surface area contributed by atoms with Crippen LogP contribution in [0.4, 0.5) is 0 Å². The molecule has 0 saturated heterocycles. The van der Waals surface area contributed by atoms with Crippen LogP contribution in [0.2, 0.25) is 0 Å². The maximum absolute atomic E-state index is 11.9. The van der Waals surface area contributed by atoms with Gasteiger partial charge >= 0.3 is 0 Å². The Labute approximate surface area is 135 Å². The van der Waals surface area contributed by atoms with Gasteiger partial charge in [0.15, 0.2) is 18.1 Å². The van der Waals surface area contributed by atoms with E-state index in [2.05, 4.69) is 5.32 Å². The van der Waals surface area contributed by atoms with E-state index in [9.17, 15) is 4.79 Å². The van der Waals surface area contributed by atoms with Crippen LogP contribution in [0, 0.1) is 6.92 Å². The molecule has 5 nitrogen and oxygen atoms in total. The fourth-order valence-corrected chi connectivity index (χ4v) is 2.30. The Morgan fingerprint density at radius 1 is 1.22 bits per heavy atom. The molecule has 1 amide bonds. The maximum Gasteiger partial charge on any atom is 0.258 e. The number of nitrogens with one attached hydrogen (secondary N) is 1. The summed E-state index contributed by atoms with van der Waals surface area (Å²) < 4.78 is 16.8. The standard InChI is InChI=1S/C18H19NO4/c1-13-5-4-6-14(9-13)21-12-18(20)19-10-15-11-22-16-7-2-3-8-17(16)23-15/h2-9,15H,10-12H2,1H3,(H,19,20). The lowest BCUT2D eigenvalue weighted by atomic mass is 10.2. The molecule has 1 heterocycles. The van der Waals surface area contributed by atoms with Crippen molar-refractivity contribution in [3.05, 3.63) is 54.1 Å². The SMILES string of the molecule is Cc1cccc(OCC(=O)NCC2COc3ccccc3O2)c1. The highest BCUT2D eigenvalue weighted by atomic mass is 16.6. The number of hydrogen-bond donors (Lipinski definition) is 1. The molecule has 0 spiro atoms. The molecule has 2 aromatic carbocycles. The summed E-state index contributed by atoms with van der Waals surface area (Å²) in [4.78, 5) is 11.9. The number of para-hydroxylation sites is 2. The fourth-order valence-electron chi connectivity index (χ4n) is 2.30. The highest BCUT2D eigenvalue weighted by molar-refractivity contribution is 5.77. The number of ether oxygens (including phenoxy) is 3. The molecule has 0 aromatic heterocycles. The topological polar surface area (TPSA) is 56.8 Å². The second-order valence-electron chi connectivity index (χ2n) is 5.41. The number of fused-ring (bicyclic) bond motifs is 1. The van der Waals surface area contributed by atoms with E-state index in [1.54, 1.807) is 0 Å². The summed E-state index contributed by atoms with van der Waals surface area (Å²) >= 11 is 0. The second kappa shape index (κ2) is 7.05. The van der Waals surface area contributed by atoms with Crippen LogP contribution in [0.25, 0.3) is 0 Å². The molecule has 0 saturated carbocycles. The van der Waals surface area contributed by atoms with Crippen molar-refractivity contribution in [2.24, 2.45) is 0 Å². The third-order valence-electron chi connectivity index (χ3n) is 3.45. The molecule has 3 rings (SSSR count). The summed E-state index contributed by atoms with van der Waals surface area (Å²) in [6.45, 7) is 2.75. The molecule has 0 aliphatic carbocycles. The second-order valence-corrected chi connectivity index (χ2v) is 5.41. The first kappa shape index (κ1) is 15.2. The Kier molecular flexibility index (Phi) is 4.66. The average Bonchev–Trinajstić information content (AvgIpc) is 2.58. The van der Waals surface area contributed by atoms with Crippen molar-refractivity contribution in [3.8, 4) is 17.2 Å². The smallest absolute Gasteiger partial charge is 0.258 e. The van der Waals surface area contributed by atoms with Crippen LogP contribution in [0.1, 0.15) is 5.56 Å². The van der Waals surface area contributed by atoms with Crippen LogP contribution >= 0.6 is 0 Å². The minimum Gasteiger partial charge on any atom is -0.486 e. The normalized spacial score (nSPS) is 15.8. The van der Waals surface area contributed by atoms with Crippen LogP contribution < -0.4 is 19.5 Å². The van der Waals surface area contributed by atoms with Crippen molar-refractivity contribution in [3.63, 3.8) is 0 Å². The molecule has 1 N–H and O–H groups in total. The van der Waals surface area contributed by atoms with Crippen molar-refractivity contribution in [1.82, 2.24) is 5.32 Å². The van der Waals surface area contributed by atoms with Crippen LogP contribution in [-0.2, 0) is 4.79 Å². The highest BCUT2D eigenvalue weighted by Gasteiger charge is 2.20. The zero-order valence-electron chi connectivity index (χ0n) is 13.0. The van der Waals surface area contributed by atoms with Gasteiger partial charge < -0.3 is 19.5 Å². The summed E-state index contributed by atoms with van der Waals surface area (Å²) in [5.41, 5.74) is 1.09. The third kappa shape index (κ3) is 4.16. The minimum atomic E-state index is -0.201. The molecular weight excluding hydrogens is 294 g/mol. The lowest BCUT2D eigenvalue weighted by molar-refractivity contribution is -0.123. The van der Waals surface area contributed by atoms with Gasteiger partial charge in [-0.1, -0.05) is 24.3 Å². The van der Waals surface area contributed by atoms with Crippen molar-refractivity contribution in [2.45, 2.75) is 13.0 Å². The Bertz CT molecular complexity index is 686. The molecule has 1 atom stereocenters. The number of rotatable bonds is 5. The summed E-state index contributed by atoms with van der Waals surface area (Å²) in [5, 5.41) is 2.80. The van der Waals surface area contributed by atoms with Gasteiger partial charge in [-0.3, -0.25) is 4.79 Å². The molecule has 1 unspecified atom stereocenters. The minimum absolute atomic E-state index is 0.0202. The number of hydrogen-bond acceptors (Lipinski definition) is 4. The third-order valence-corrected chi connectivity index (χ3v) is 3.45. The van der Waals surface area contributed by atoms with E-state index < -0.39 is 0 Å². The Hall–Kier alpha value is -2.69. The lowest BCUT2D eigenvalue weighted by Crippen LogP contribution is -2.42. The van der Waals surface area contributed by atoms with Crippen LogP contribution in [0.15, 0.2) is 48.5 Å². The van der Waals surface area contributed by atoms with Gasteiger partial charge in [0.25, 0.3) is 5.91 Å². The summed E-state index contributed by atoms with van der Waals surface area (Å²) in [6, 6.07) is 15.1. The number of benzene rings is 2. The van der Waals surface area contributed by atoms with Gasteiger partial charge in [0, 0.05) is 0 Å². The average molecular weight is 313 g/mol. The van der Waals surface area contributed by atoms with Gasteiger partial charge in [0.1, 0.15) is 18.5 Å². The summed E-state index contributed by atoms with van der Waals surface area (Å²) in [7, 11) is 0. The van der Waals surface area contributed by atoms with E-state index in [1.165, 1.54) is 0 Å². The molecule has 5 heteroatoms. The van der Waals surface area contributed by atoms with Crippen molar-refractivity contribution in [1.29, 1.82) is 0 Å². The molecule has 0 fully saturated rings. The van der Waals surface area contributed by atoms with Gasteiger partial charge in [-0.05, 0) is 36.8 Å². The first-order chi connectivity index (χ1) is 11.2. The van der Waals surface area contributed by atoms with E-state index >= 15 is 0 Å². The predicted molar refractivity (Wildman–Crippen MR) is 86.0 cm³/mol. The highest BCUT2D eigenvalue weighted by Crippen LogP contribution is 2.30. The molecule has 1 aliphatic rings. The van der Waals surface area contributed by atoms with Crippen molar-refractivity contribution >= 4 is 5.91 Å². The van der Waals surface area contributed by atoms with E-state index in [0.29, 0.717) is 24.7 Å². The first-order valence-electron chi connectivity index (χ1n) is 7.55. The molecular formula is C18H19NO4. The van der Waals surface area contributed by atoms with E-state index in [0.717, 1.165) is 11.3 Å². The zero-order chi connectivity index (χ0) is 16.1. The number of carbonyl (C=O) groups is 1. The number of amides is 1.